The van der Waals surface area contributed by atoms with E-state index in [9.17, 15) is 4.79 Å². The second kappa shape index (κ2) is 4.74. The molecule has 4 heteroatoms. The van der Waals surface area contributed by atoms with Crippen molar-refractivity contribution in [2.45, 2.75) is 26.2 Å². The molecule has 0 saturated heterocycles. The van der Waals surface area contributed by atoms with Gasteiger partial charge in [0.2, 0.25) is 5.91 Å². The zero-order chi connectivity index (χ0) is 12.3. The van der Waals surface area contributed by atoms with Crippen LogP contribution in [-0.4, -0.2) is 11.8 Å². The fraction of sp³-hybridized carbons (Fsp3) is 0.417. The van der Waals surface area contributed by atoms with Gasteiger partial charge in [-0.05, 0) is 23.1 Å². The summed E-state index contributed by atoms with van der Waals surface area (Å²) < 4.78 is 0. The Morgan fingerprint density at radius 2 is 2.06 bits per heavy atom. The maximum Gasteiger partial charge on any atom is 0.239 e. The topological polar surface area (TPSA) is 55.1 Å². The summed E-state index contributed by atoms with van der Waals surface area (Å²) in [5, 5.41) is 2.64. The van der Waals surface area contributed by atoms with Crippen LogP contribution in [0.1, 0.15) is 26.3 Å². The molecule has 1 amide bonds. The predicted octanol–water partition coefficient (Wildman–Crippen LogP) is 2.74. The lowest BCUT2D eigenvalue weighted by Crippen LogP contribution is -2.15. The molecule has 0 radical (unpaired) electrons. The minimum atomic E-state index is -0.253. The van der Waals surface area contributed by atoms with Crippen molar-refractivity contribution in [2.24, 2.45) is 0 Å². The highest BCUT2D eigenvalue weighted by molar-refractivity contribution is 6.29. The van der Waals surface area contributed by atoms with Crippen LogP contribution in [0.4, 0.5) is 11.4 Å². The maximum absolute atomic E-state index is 11.1. The molecule has 0 saturated carbocycles. The fourth-order valence-electron chi connectivity index (χ4n) is 1.33. The Labute approximate surface area is 101 Å². The molecule has 1 aromatic carbocycles. The smallest absolute Gasteiger partial charge is 0.239 e. The second-order valence-corrected chi connectivity index (χ2v) is 5.00. The van der Waals surface area contributed by atoms with E-state index in [0.29, 0.717) is 11.4 Å². The second-order valence-electron chi connectivity index (χ2n) is 4.73. The van der Waals surface area contributed by atoms with Gasteiger partial charge in [0.05, 0.1) is 11.4 Å². The van der Waals surface area contributed by atoms with Crippen molar-refractivity contribution in [1.82, 2.24) is 0 Å². The number of rotatable bonds is 2. The van der Waals surface area contributed by atoms with E-state index in [2.05, 4.69) is 26.1 Å². The van der Waals surface area contributed by atoms with Crippen molar-refractivity contribution in [3.05, 3.63) is 23.8 Å². The Hall–Kier alpha value is -1.22. The monoisotopic (exact) mass is 240 g/mol. The third-order valence-corrected chi connectivity index (χ3v) is 2.56. The Bertz CT molecular complexity index is 396. The zero-order valence-electron chi connectivity index (χ0n) is 9.80. The molecule has 3 nitrogen and oxygen atoms in total. The minimum Gasteiger partial charge on any atom is -0.397 e. The Morgan fingerprint density at radius 3 is 2.50 bits per heavy atom. The van der Waals surface area contributed by atoms with E-state index in [-0.39, 0.29) is 17.2 Å². The third-order valence-electron chi connectivity index (χ3n) is 2.31. The van der Waals surface area contributed by atoms with Crippen molar-refractivity contribution in [1.29, 1.82) is 0 Å². The van der Waals surface area contributed by atoms with Gasteiger partial charge in [0, 0.05) is 0 Å². The summed E-state index contributed by atoms with van der Waals surface area (Å²) in [6.07, 6.45) is 0. The predicted molar refractivity (Wildman–Crippen MR) is 68.9 cm³/mol. The first-order valence-electron chi connectivity index (χ1n) is 5.10. The summed E-state index contributed by atoms with van der Waals surface area (Å²) in [7, 11) is 0. The molecule has 1 rings (SSSR count). The molecular formula is C12H17ClN2O. The number of nitrogens with two attached hydrogens (primary N) is 1. The number of hydrogen-bond donors (Lipinski definition) is 2. The number of anilines is 2. The quantitative estimate of drug-likeness (QED) is 0.617. The molecule has 0 aliphatic rings. The lowest BCUT2D eigenvalue weighted by molar-refractivity contribution is -0.113. The lowest BCUT2D eigenvalue weighted by Gasteiger charge is -2.20. The van der Waals surface area contributed by atoms with Crippen LogP contribution >= 0.6 is 11.6 Å². The summed E-state index contributed by atoms with van der Waals surface area (Å²) >= 11 is 5.41. The van der Waals surface area contributed by atoms with E-state index in [0.717, 1.165) is 5.56 Å². The van der Waals surface area contributed by atoms with Crippen LogP contribution in [0.3, 0.4) is 0 Å². The van der Waals surface area contributed by atoms with E-state index in [1.54, 1.807) is 6.07 Å². The third kappa shape index (κ3) is 3.14. The fourth-order valence-corrected chi connectivity index (χ4v) is 1.39. The number of amides is 1. The number of carbonyl (C=O) groups excluding carboxylic acids is 1. The van der Waals surface area contributed by atoms with Crippen molar-refractivity contribution in [3.8, 4) is 0 Å². The molecule has 88 valence electrons. The number of nitrogens with one attached hydrogen (secondary N) is 1. The van der Waals surface area contributed by atoms with Gasteiger partial charge in [0.15, 0.2) is 0 Å². The van der Waals surface area contributed by atoms with E-state index < -0.39 is 0 Å². The highest BCUT2D eigenvalue weighted by Crippen LogP contribution is 2.28. The summed E-state index contributed by atoms with van der Waals surface area (Å²) in [6.45, 7) is 6.33. The highest BCUT2D eigenvalue weighted by atomic mass is 35.5. The molecular weight excluding hydrogens is 224 g/mol. The van der Waals surface area contributed by atoms with E-state index in [1.165, 1.54) is 0 Å². The first kappa shape index (κ1) is 12.8. The van der Waals surface area contributed by atoms with Crippen LogP contribution in [0.5, 0.6) is 0 Å². The van der Waals surface area contributed by atoms with Crippen molar-refractivity contribution < 1.29 is 4.79 Å². The first-order valence-corrected chi connectivity index (χ1v) is 5.64. The van der Waals surface area contributed by atoms with Gasteiger partial charge < -0.3 is 11.1 Å². The normalized spacial score (nSPS) is 11.2. The molecule has 0 heterocycles. The van der Waals surface area contributed by atoms with Crippen LogP contribution in [-0.2, 0) is 10.2 Å². The Balaban J connectivity index is 2.96. The molecule has 1 aromatic rings. The first-order chi connectivity index (χ1) is 7.34. The molecule has 0 spiro atoms. The van der Waals surface area contributed by atoms with Gasteiger partial charge in [-0.25, -0.2) is 0 Å². The summed E-state index contributed by atoms with van der Waals surface area (Å²) in [5.41, 5.74) is 8.21. The van der Waals surface area contributed by atoms with Gasteiger partial charge >= 0.3 is 0 Å². The number of carbonyl (C=O) groups is 1. The number of nitrogen functional groups attached to an aromatic ring is 1. The SMILES string of the molecule is CC(C)(C)c1ccc(NC(=O)CCl)c(N)c1. The van der Waals surface area contributed by atoms with Crippen LogP contribution in [0.15, 0.2) is 18.2 Å². The average molecular weight is 241 g/mol. The van der Waals surface area contributed by atoms with Gasteiger partial charge in [0.1, 0.15) is 5.88 Å². The van der Waals surface area contributed by atoms with Crippen LogP contribution in [0, 0.1) is 0 Å². The highest BCUT2D eigenvalue weighted by Gasteiger charge is 2.15. The van der Waals surface area contributed by atoms with Gasteiger partial charge in [-0.3, -0.25) is 4.79 Å². The van der Waals surface area contributed by atoms with Crippen molar-refractivity contribution >= 4 is 28.9 Å². The van der Waals surface area contributed by atoms with Crippen molar-refractivity contribution in [3.63, 3.8) is 0 Å². The molecule has 0 aliphatic heterocycles. The number of alkyl halides is 1. The molecule has 3 N–H and O–H groups in total. The number of benzene rings is 1. The standard InChI is InChI=1S/C12H17ClN2O/c1-12(2,3)8-4-5-10(9(14)6-8)15-11(16)7-13/h4-6H,7,14H2,1-3H3,(H,15,16). The van der Waals surface area contributed by atoms with Crippen molar-refractivity contribution in [2.75, 3.05) is 16.9 Å². The maximum atomic E-state index is 11.1. The molecule has 0 unspecified atom stereocenters. The minimum absolute atomic E-state index is 0.0448. The van der Waals surface area contributed by atoms with E-state index in [1.807, 2.05) is 12.1 Å². The Kier molecular flexibility index (Phi) is 3.81. The van der Waals surface area contributed by atoms with Gasteiger partial charge in [-0.2, -0.15) is 0 Å². The molecule has 0 aliphatic carbocycles. The summed E-state index contributed by atoms with van der Waals surface area (Å²) in [6, 6.07) is 5.64. The molecule has 0 bridgehead atoms. The summed E-state index contributed by atoms with van der Waals surface area (Å²) in [4.78, 5) is 11.1. The molecule has 0 fully saturated rings. The van der Waals surface area contributed by atoms with Gasteiger partial charge in [0.25, 0.3) is 0 Å². The van der Waals surface area contributed by atoms with Crippen LogP contribution in [0.2, 0.25) is 0 Å². The Morgan fingerprint density at radius 1 is 1.44 bits per heavy atom. The number of halogens is 1. The van der Waals surface area contributed by atoms with Crippen LogP contribution < -0.4 is 11.1 Å². The van der Waals surface area contributed by atoms with Crippen LogP contribution in [0.25, 0.3) is 0 Å². The van der Waals surface area contributed by atoms with E-state index in [4.69, 9.17) is 17.3 Å². The van der Waals surface area contributed by atoms with Gasteiger partial charge in [-0.15, -0.1) is 11.6 Å². The average Bonchev–Trinajstić information content (AvgIpc) is 2.19. The lowest BCUT2D eigenvalue weighted by atomic mass is 9.86. The van der Waals surface area contributed by atoms with E-state index >= 15 is 0 Å². The summed E-state index contributed by atoms with van der Waals surface area (Å²) in [5.74, 6) is -0.322. The number of hydrogen-bond acceptors (Lipinski definition) is 2. The molecule has 0 aromatic heterocycles. The molecule has 0 atom stereocenters. The molecule has 16 heavy (non-hydrogen) atoms. The largest absolute Gasteiger partial charge is 0.397 e. The van der Waals surface area contributed by atoms with Gasteiger partial charge in [-0.1, -0.05) is 26.8 Å². The zero-order valence-corrected chi connectivity index (χ0v) is 10.6.